The Morgan fingerprint density at radius 3 is 2.74 bits per heavy atom. The van der Waals surface area contributed by atoms with Gasteiger partial charge in [0.15, 0.2) is 0 Å². The molecule has 9 heteroatoms. The zero-order valence-corrected chi connectivity index (χ0v) is 11.8. The molecule has 1 saturated heterocycles. The summed E-state index contributed by atoms with van der Waals surface area (Å²) in [5.74, 6) is -1.29. The fourth-order valence-corrected chi connectivity index (χ4v) is 3.77. The van der Waals surface area contributed by atoms with Crippen molar-refractivity contribution in [2.24, 2.45) is 5.92 Å². The van der Waals surface area contributed by atoms with E-state index in [1.165, 1.54) is 15.6 Å². The van der Waals surface area contributed by atoms with Crippen LogP contribution in [0.5, 0.6) is 0 Å². The van der Waals surface area contributed by atoms with Gasteiger partial charge in [0, 0.05) is 24.7 Å². The summed E-state index contributed by atoms with van der Waals surface area (Å²) >= 11 is 1.38. The number of nitrogens with one attached hydrogen (secondary N) is 1. The maximum Gasteiger partial charge on any atom is 0.306 e. The predicted molar refractivity (Wildman–Crippen MR) is 69.8 cm³/mol. The quantitative estimate of drug-likeness (QED) is 0.813. The molecule has 1 fully saturated rings. The third-order valence-corrected chi connectivity index (χ3v) is 5.37. The second-order valence-corrected chi connectivity index (χ2v) is 7.00. The van der Waals surface area contributed by atoms with Crippen LogP contribution in [0.2, 0.25) is 0 Å². The molecule has 0 atom stereocenters. The first-order chi connectivity index (χ1) is 8.99. The molecule has 0 unspecified atom stereocenters. The van der Waals surface area contributed by atoms with E-state index in [0.717, 1.165) is 0 Å². The van der Waals surface area contributed by atoms with Crippen molar-refractivity contribution >= 4 is 27.5 Å². The first kappa shape index (κ1) is 14.4. The minimum atomic E-state index is -3.55. The van der Waals surface area contributed by atoms with Gasteiger partial charge in [-0.25, -0.2) is 4.98 Å². The maximum atomic E-state index is 12.0. The van der Waals surface area contributed by atoms with Gasteiger partial charge in [-0.2, -0.15) is 17.4 Å². The summed E-state index contributed by atoms with van der Waals surface area (Å²) in [5.41, 5.74) is 0. The Morgan fingerprint density at radius 2 is 2.21 bits per heavy atom. The summed E-state index contributed by atoms with van der Waals surface area (Å²) in [4.78, 5) is 14.8. The summed E-state index contributed by atoms with van der Waals surface area (Å²) in [7, 11) is -3.55. The zero-order valence-electron chi connectivity index (χ0n) is 10.2. The van der Waals surface area contributed by atoms with Crippen LogP contribution in [0.25, 0.3) is 0 Å². The lowest BCUT2D eigenvalue weighted by Crippen LogP contribution is -2.45. The number of aromatic nitrogens is 1. The van der Waals surface area contributed by atoms with Crippen LogP contribution in [0.4, 0.5) is 0 Å². The first-order valence-electron chi connectivity index (χ1n) is 5.85. The average molecular weight is 305 g/mol. The predicted octanol–water partition coefficient (Wildman–Crippen LogP) is 0.274. The molecule has 0 saturated carbocycles. The van der Waals surface area contributed by atoms with Gasteiger partial charge < -0.3 is 5.11 Å². The number of carboxylic acid groups (broad SMARTS) is 1. The monoisotopic (exact) mass is 305 g/mol. The summed E-state index contributed by atoms with van der Waals surface area (Å²) < 4.78 is 27.8. The second kappa shape index (κ2) is 5.95. The van der Waals surface area contributed by atoms with Crippen molar-refractivity contribution in [2.45, 2.75) is 19.4 Å². The van der Waals surface area contributed by atoms with Gasteiger partial charge in [-0.1, -0.05) is 0 Å². The zero-order chi connectivity index (χ0) is 13.9. The molecule has 0 spiro atoms. The molecule has 0 bridgehead atoms. The minimum absolute atomic E-state index is 0.166. The standard InChI is InChI=1S/C10H15N3O4S2/c14-10(15)8-1-4-13(5-2-8)19(16,17)12-7-9-11-3-6-18-9/h3,6,8,12H,1-2,4-5,7H2,(H,14,15). The number of hydrogen-bond acceptors (Lipinski definition) is 5. The van der Waals surface area contributed by atoms with Gasteiger partial charge in [0.25, 0.3) is 10.2 Å². The van der Waals surface area contributed by atoms with Crippen LogP contribution in [-0.4, -0.2) is 41.9 Å². The molecule has 2 N–H and O–H groups in total. The molecule has 0 aliphatic carbocycles. The highest BCUT2D eigenvalue weighted by Gasteiger charge is 2.30. The van der Waals surface area contributed by atoms with Crippen molar-refractivity contribution in [1.29, 1.82) is 0 Å². The van der Waals surface area contributed by atoms with Crippen LogP contribution in [-0.2, 0) is 21.5 Å². The first-order valence-corrected chi connectivity index (χ1v) is 8.17. The second-order valence-electron chi connectivity index (χ2n) is 4.26. The van der Waals surface area contributed by atoms with E-state index in [1.807, 2.05) is 0 Å². The Hall–Kier alpha value is -1.03. The summed E-state index contributed by atoms with van der Waals surface area (Å²) in [5, 5.41) is 11.3. The van der Waals surface area contributed by atoms with Gasteiger partial charge in [0.1, 0.15) is 5.01 Å². The molecule has 19 heavy (non-hydrogen) atoms. The van der Waals surface area contributed by atoms with Crippen molar-refractivity contribution < 1.29 is 18.3 Å². The van der Waals surface area contributed by atoms with Crippen LogP contribution in [0.3, 0.4) is 0 Å². The van der Waals surface area contributed by atoms with Crippen LogP contribution < -0.4 is 4.72 Å². The number of rotatable bonds is 5. The molecule has 2 rings (SSSR count). The largest absolute Gasteiger partial charge is 0.481 e. The van der Waals surface area contributed by atoms with Crippen molar-refractivity contribution in [3.8, 4) is 0 Å². The smallest absolute Gasteiger partial charge is 0.306 e. The molecule has 0 aromatic carbocycles. The maximum absolute atomic E-state index is 12.0. The highest BCUT2D eigenvalue weighted by Crippen LogP contribution is 2.19. The van der Waals surface area contributed by atoms with Crippen LogP contribution in [0.1, 0.15) is 17.8 Å². The van der Waals surface area contributed by atoms with Crippen LogP contribution in [0.15, 0.2) is 11.6 Å². The molecule has 2 heterocycles. The highest BCUT2D eigenvalue weighted by molar-refractivity contribution is 7.87. The van der Waals surface area contributed by atoms with E-state index in [2.05, 4.69) is 9.71 Å². The average Bonchev–Trinajstić information content (AvgIpc) is 2.90. The Balaban J connectivity index is 1.88. The normalized spacial score (nSPS) is 18.5. The number of piperidine rings is 1. The third-order valence-electron chi connectivity index (χ3n) is 3.03. The summed E-state index contributed by atoms with van der Waals surface area (Å²) in [6.07, 6.45) is 2.33. The van der Waals surface area contributed by atoms with E-state index in [0.29, 0.717) is 17.8 Å². The Morgan fingerprint density at radius 1 is 1.53 bits per heavy atom. The van der Waals surface area contributed by atoms with Gasteiger partial charge >= 0.3 is 5.97 Å². The van der Waals surface area contributed by atoms with Gasteiger partial charge in [-0.05, 0) is 12.8 Å². The molecule has 1 aromatic heterocycles. The fraction of sp³-hybridized carbons (Fsp3) is 0.600. The Bertz CT molecular complexity index is 521. The van der Waals surface area contributed by atoms with E-state index < -0.39 is 22.1 Å². The molecular formula is C10H15N3O4S2. The molecule has 1 aromatic rings. The molecule has 106 valence electrons. The number of carboxylic acids is 1. The molecule has 0 amide bonds. The molecule has 1 aliphatic heterocycles. The SMILES string of the molecule is O=C(O)C1CCN(S(=O)(=O)NCc2nccs2)CC1. The fourth-order valence-electron chi connectivity index (χ4n) is 1.93. The van der Waals surface area contributed by atoms with Crippen LogP contribution >= 0.6 is 11.3 Å². The third kappa shape index (κ3) is 3.72. The van der Waals surface area contributed by atoms with Crippen molar-refractivity contribution in [2.75, 3.05) is 13.1 Å². The van der Waals surface area contributed by atoms with Gasteiger partial charge in [-0.15, -0.1) is 11.3 Å². The number of aliphatic carboxylic acids is 1. The summed E-state index contributed by atoms with van der Waals surface area (Å²) in [6.45, 7) is 0.646. The van der Waals surface area contributed by atoms with E-state index in [1.54, 1.807) is 11.6 Å². The van der Waals surface area contributed by atoms with E-state index in [9.17, 15) is 13.2 Å². The van der Waals surface area contributed by atoms with Gasteiger partial charge in [0.2, 0.25) is 0 Å². The minimum Gasteiger partial charge on any atom is -0.481 e. The van der Waals surface area contributed by atoms with Crippen molar-refractivity contribution in [1.82, 2.24) is 14.0 Å². The number of thiazole rings is 1. The van der Waals surface area contributed by atoms with E-state index >= 15 is 0 Å². The lowest BCUT2D eigenvalue weighted by Gasteiger charge is -2.29. The molecule has 0 radical (unpaired) electrons. The van der Waals surface area contributed by atoms with Crippen molar-refractivity contribution in [3.63, 3.8) is 0 Å². The molecule has 1 aliphatic rings. The van der Waals surface area contributed by atoms with Crippen LogP contribution in [0, 0.1) is 5.92 Å². The van der Waals surface area contributed by atoms with Crippen molar-refractivity contribution in [3.05, 3.63) is 16.6 Å². The lowest BCUT2D eigenvalue weighted by molar-refractivity contribution is -0.142. The number of nitrogens with zero attached hydrogens (tertiary/aromatic N) is 2. The number of hydrogen-bond donors (Lipinski definition) is 2. The molecule has 7 nitrogen and oxygen atoms in total. The highest BCUT2D eigenvalue weighted by atomic mass is 32.2. The van der Waals surface area contributed by atoms with Gasteiger partial charge in [-0.3, -0.25) is 4.79 Å². The van der Waals surface area contributed by atoms with E-state index in [4.69, 9.17) is 5.11 Å². The molecular weight excluding hydrogens is 290 g/mol. The summed E-state index contributed by atoms with van der Waals surface area (Å²) in [6, 6.07) is 0. The lowest BCUT2D eigenvalue weighted by atomic mass is 9.99. The Labute approximate surface area is 115 Å². The topological polar surface area (TPSA) is 99.6 Å². The Kier molecular flexibility index (Phi) is 4.50. The van der Waals surface area contributed by atoms with E-state index in [-0.39, 0.29) is 19.6 Å². The number of carbonyl (C=O) groups is 1. The van der Waals surface area contributed by atoms with Gasteiger partial charge in [0.05, 0.1) is 12.5 Å².